The maximum Gasteiger partial charge on any atom is 0.311 e. The minimum atomic E-state index is -0.504. The van der Waals surface area contributed by atoms with Gasteiger partial charge in [-0.2, -0.15) is 0 Å². The number of nitrogens with zero attached hydrogens (tertiary/aromatic N) is 2. The molecular formula is C23H19N3O4. The van der Waals surface area contributed by atoms with Crippen molar-refractivity contribution in [2.45, 2.75) is 6.04 Å². The Labute approximate surface area is 173 Å². The van der Waals surface area contributed by atoms with Crippen LogP contribution in [0, 0.1) is 10.1 Å². The maximum absolute atomic E-state index is 13.3. The Kier molecular flexibility index (Phi) is 5.17. The lowest BCUT2D eigenvalue weighted by atomic mass is 10.0. The predicted octanol–water partition coefficient (Wildman–Crippen LogP) is 4.69. The molecule has 1 N–H and O–H groups in total. The first-order chi connectivity index (χ1) is 14.6. The van der Waals surface area contributed by atoms with Gasteiger partial charge in [0.1, 0.15) is 5.70 Å². The minimum absolute atomic E-state index is 0.145. The fourth-order valence-electron chi connectivity index (χ4n) is 3.48. The molecule has 0 bridgehead atoms. The van der Waals surface area contributed by atoms with Crippen molar-refractivity contribution in [3.05, 3.63) is 106 Å². The maximum atomic E-state index is 13.3. The van der Waals surface area contributed by atoms with Crippen molar-refractivity contribution in [3.63, 3.8) is 0 Å². The van der Waals surface area contributed by atoms with Gasteiger partial charge in [0.05, 0.1) is 18.1 Å². The van der Waals surface area contributed by atoms with E-state index in [2.05, 4.69) is 5.32 Å². The van der Waals surface area contributed by atoms with Crippen LogP contribution >= 0.6 is 0 Å². The van der Waals surface area contributed by atoms with Crippen LogP contribution in [0.2, 0.25) is 0 Å². The topological polar surface area (TPSA) is 84.7 Å². The first kappa shape index (κ1) is 19.2. The van der Waals surface area contributed by atoms with E-state index in [0.29, 0.717) is 16.9 Å². The van der Waals surface area contributed by atoms with E-state index >= 15 is 0 Å². The number of hydrogen-bond acceptors (Lipinski definition) is 5. The summed E-state index contributed by atoms with van der Waals surface area (Å²) in [4.78, 5) is 25.9. The van der Waals surface area contributed by atoms with Gasteiger partial charge in [-0.25, -0.2) is 0 Å². The van der Waals surface area contributed by atoms with Crippen LogP contribution in [0.25, 0.3) is 0 Å². The summed E-state index contributed by atoms with van der Waals surface area (Å²) in [6.45, 7) is 0. The molecule has 0 unspecified atom stereocenters. The van der Waals surface area contributed by atoms with Crippen LogP contribution in [0.1, 0.15) is 11.6 Å². The van der Waals surface area contributed by atoms with Crippen molar-refractivity contribution in [1.29, 1.82) is 0 Å². The number of para-hydroxylation sites is 2. The number of nitro benzene ring substituents is 1. The molecule has 1 aliphatic rings. The van der Waals surface area contributed by atoms with Crippen LogP contribution in [0.4, 0.5) is 17.1 Å². The van der Waals surface area contributed by atoms with Crippen LogP contribution < -0.4 is 15.0 Å². The lowest BCUT2D eigenvalue weighted by Crippen LogP contribution is -2.30. The molecule has 150 valence electrons. The molecule has 0 aliphatic carbocycles. The molecule has 1 heterocycles. The van der Waals surface area contributed by atoms with Crippen molar-refractivity contribution in [1.82, 2.24) is 0 Å². The van der Waals surface area contributed by atoms with Crippen LogP contribution in [0.3, 0.4) is 0 Å². The highest BCUT2D eigenvalue weighted by Gasteiger charge is 2.35. The van der Waals surface area contributed by atoms with Gasteiger partial charge in [0.2, 0.25) is 0 Å². The molecule has 3 aromatic carbocycles. The number of anilines is 2. The van der Waals surface area contributed by atoms with Gasteiger partial charge in [-0.1, -0.05) is 42.5 Å². The van der Waals surface area contributed by atoms with E-state index in [0.717, 1.165) is 5.69 Å². The van der Waals surface area contributed by atoms with Crippen LogP contribution in [0.15, 0.2) is 90.6 Å². The number of nitro groups is 1. The zero-order valence-electron chi connectivity index (χ0n) is 16.2. The Hall–Kier alpha value is -4.13. The van der Waals surface area contributed by atoms with Gasteiger partial charge in [0.15, 0.2) is 5.75 Å². The number of methoxy groups -OCH3 is 1. The van der Waals surface area contributed by atoms with Gasteiger partial charge in [-0.3, -0.25) is 19.8 Å². The van der Waals surface area contributed by atoms with Crippen molar-refractivity contribution >= 4 is 23.0 Å². The average Bonchev–Trinajstić information content (AvgIpc) is 3.10. The summed E-state index contributed by atoms with van der Waals surface area (Å²) in [5, 5.41) is 14.6. The highest BCUT2D eigenvalue weighted by atomic mass is 16.6. The van der Waals surface area contributed by atoms with Crippen molar-refractivity contribution in [2.75, 3.05) is 17.3 Å². The molecule has 0 radical (unpaired) electrons. The fourth-order valence-corrected chi connectivity index (χ4v) is 3.48. The predicted molar refractivity (Wildman–Crippen MR) is 114 cm³/mol. The number of benzene rings is 3. The smallest absolute Gasteiger partial charge is 0.311 e. The average molecular weight is 401 g/mol. The third-order valence-corrected chi connectivity index (χ3v) is 4.88. The van der Waals surface area contributed by atoms with E-state index in [9.17, 15) is 14.9 Å². The van der Waals surface area contributed by atoms with Crippen molar-refractivity contribution < 1.29 is 14.5 Å². The van der Waals surface area contributed by atoms with Gasteiger partial charge in [0.25, 0.3) is 5.91 Å². The Bertz CT molecular complexity index is 1110. The molecule has 30 heavy (non-hydrogen) atoms. The number of rotatable bonds is 6. The third-order valence-electron chi connectivity index (χ3n) is 4.88. The molecule has 1 aliphatic heterocycles. The SMILES string of the molecule is COc1ccc([C@@H]2C=C(Nc3ccccc3)C(=O)N2c2ccccc2)cc1[N+](=O)[O-]. The third kappa shape index (κ3) is 3.60. The highest BCUT2D eigenvalue weighted by molar-refractivity contribution is 6.11. The van der Waals surface area contributed by atoms with E-state index in [1.165, 1.54) is 13.2 Å². The van der Waals surface area contributed by atoms with Gasteiger partial charge < -0.3 is 10.1 Å². The summed E-state index contributed by atoms with van der Waals surface area (Å²) in [6, 6.07) is 22.9. The second kappa shape index (κ2) is 8.08. The summed E-state index contributed by atoms with van der Waals surface area (Å²) in [5.41, 5.74) is 2.37. The first-order valence-electron chi connectivity index (χ1n) is 9.33. The van der Waals surface area contributed by atoms with E-state index in [1.807, 2.05) is 60.7 Å². The lowest BCUT2D eigenvalue weighted by Gasteiger charge is -2.25. The van der Waals surface area contributed by atoms with E-state index in [-0.39, 0.29) is 17.3 Å². The Morgan fingerprint density at radius 3 is 2.30 bits per heavy atom. The zero-order valence-corrected chi connectivity index (χ0v) is 16.2. The normalized spacial score (nSPS) is 15.6. The first-order valence-corrected chi connectivity index (χ1v) is 9.33. The molecule has 0 saturated carbocycles. The number of carbonyl (C=O) groups excluding carboxylic acids is 1. The monoisotopic (exact) mass is 401 g/mol. The van der Waals surface area contributed by atoms with Gasteiger partial charge >= 0.3 is 5.69 Å². The molecule has 0 aromatic heterocycles. The number of nitrogens with one attached hydrogen (secondary N) is 1. The minimum Gasteiger partial charge on any atom is -0.490 e. The van der Waals surface area contributed by atoms with Gasteiger partial charge in [-0.05, 0) is 42.0 Å². The van der Waals surface area contributed by atoms with Crippen molar-refractivity contribution in [3.8, 4) is 5.75 Å². The molecular weight excluding hydrogens is 382 g/mol. The van der Waals surface area contributed by atoms with E-state index < -0.39 is 11.0 Å². The summed E-state index contributed by atoms with van der Waals surface area (Å²) in [7, 11) is 1.39. The zero-order chi connectivity index (χ0) is 21.1. The van der Waals surface area contributed by atoms with E-state index in [1.54, 1.807) is 23.1 Å². The Morgan fingerprint density at radius 1 is 1.00 bits per heavy atom. The summed E-state index contributed by atoms with van der Waals surface area (Å²) in [6.07, 6.45) is 1.79. The molecule has 0 saturated heterocycles. The molecule has 1 amide bonds. The molecule has 7 heteroatoms. The number of ether oxygens (including phenoxy) is 1. The fraction of sp³-hybridized carbons (Fsp3) is 0.0870. The summed E-state index contributed by atoms with van der Waals surface area (Å²) >= 11 is 0. The summed E-state index contributed by atoms with van der Waals surface area (Å²) < 4.78 is 5.11. The van der Waals surface area contributed by atoms with Gasteiger partial charge in [-0.15, -0.1) is 0 Å². The van der Waals surface area contributed by atoms with Crippen molar-refractivity contribution in [2.24, 2.45) is 0 Å². The Balaban J connectivity index is 1.78. The van der Waals surface area contributed by atoms with Crippen LogP contribution in [-0.2, 0) is 4.79 Å². The molecule has 3 aromatic rings. The second-order valence-electron chi connectivity index (χ2n) is 6.72. The van der Waals surface area contributed by atoms with E-state index in [4.69, 9.17) is 4.74 Å². The summed E-state index contributed by atoms with van der Waals surface area (Å²) in [5.74, 6) is -0.0422. The van der Waals surface area contributed by atoms with Crippen LogP contribution in [0.5, 0.6) is 5.75 Å². The number of hydrogen-bond donors (Lipinski definition) is 1. The highest BCUT2D eigenvalue weighted by Crippen LogP contribution is 2.39. The molecule has 0 spiro atoms. The molecule has 0 fully saturated rings. The largest absolute Gasteiger partial charge is 0.490 e. The van der Waals surface area contributed by atoms with Crippen LogP contribution in [-0.4, -0.2) is 17.9 Å². The van der Waals surface area contributed by atoms with Gasteiger partial charge in [0, 0.05) is 17.4 Å². The molecule has 4 rings (SSSR count). The number of amides is 1. The Morgan fingerprint density at radius 2 is 1.67 bits per heavy atom. The molecule has 1 atom stereocenters. The number of carbonyl (C=O) groups is 1. The molecule has 7 nitrogen and oxygen atoms in total. The standard InChI is InChI=1S/C23H19N3O4/c1-30-22-13-12-16(14-21(22)26(28)29)20-15-19(24-17-8-4-2-5-9-17)23(27)25(20)18-10-6-3-7-11-18/h2-15,20,24H,1H3/t20-/m0/s1. The quantitative estimate of drug-likeness (QED) is 0.479. The lowest BCUT2D eigenvalue weighted by molar-refractivity contribution is -0.385. The second-order valence-corrected chi connectivity index (χ2v) is 6.72.